The Morgan fingerprint density at radius 1 is 1.12 bits per heavy atom. The first-order valence-electron chi connectivity index (χ1n) is 4.84. The Labute approximate surface area is 96.0 Å². The molecule has 0 fully saturated rings. The first-order valence-corrected chi connectivity index (χ1v) is 4.84. The van der Waals surface area contributed by atoms with Gasteiger partial charge in [-0.05, 0) is 18.2 Å². The van der Waals surface area contributed by atoms with Crippen molar-refractivity contribution in [3.05, 3.63) is 47.7 Å². The Kier molecular flexibility index (Phi) is 3.24. The van der Waals surface area contributed by atoms with Gasteiger partial charge in [-0.1, -0.05) is 0 Å². The Hall–Kier alpha value is -2.08. The van der Waals surface area contributed by atoms with Gasteiger partial charge < -0.3 is 10.5 Å². The smallest absolute Gasteiger partial charge is 0.239 e. The number of hydrogen-bond donors (Lipinski definition) is 1. The number of halogens is 2. The van der Waals surface area contributed by atoms with Gasteiger partial charge in [0.05, 0.1) is 5.69 Å². The Balaban J connectivity index is 2.19. The van der Waals surface area contributed by atoms with Crippen molar-refractivity contribution < 1.29 is 13.5 Å². The van der Waals surface area contributed by atoms with E-state index in [1.54, 1.807) is 6.07 Å². The van der Waals surface area contributed by atoms with E-state index in [-0.39, 0.29) is 18.2 Å². The normalized spacial score (nSPS) is 10.3. The van der Waals surface area contributed by atoms with Crippen LogP contribution in [0.15, 0.2) is 30.3 Å². The molecule has 0 spiro atoms. The standard InChI is InChI=1S/C11H9F2N3O/c12-7-1-3-10(9(13)5-7)17-11-4-2-8(6-14)15-16-11/h1-5H,6,14H2. The molecule has 1 aromatic heterocycles. The number of nitrogens with two attached hydrogens (primary N) is 1. The second-order valence-corrected chi connectivity index (χ2v) is 3.24. The quantitative estimate of drug-likeness (QED) is 0.886. The average molecular weight is 237 g/mol. The van der Waals surface area contributed by atoms with Crippen LogP contribution in [0.1, 0.15) is 5.69 Å². The Bertz CT molecular complexity index is 517. The van der Waals surface area contributed by atoms with Crippen LogP contribution in [0.2, 0.25) is 0 Å². The summed E-state index contributed by atoms with van der Waals surface area (Å²) in [5.74, 6) is -1.46. The van der Waals surface area contributed by atoms with Crippen LogP contribution in [-0.2, 0) is 6.54 Å². The highest BCUT2D eigenvalue weighted by molar-refractivity contribution is 5.28. The van der Waals surface area contributed by atoms with Gasteiger partial charge in [0.25, 0.3) is 0 Å². The van der Waals surface area contributed by atoms with Gasteiger partial charge in [-0.3, -0.25) is 0 Å². The molecule has 17 heavy (non-hydrogen) atoms. The van der Waals surface area contributed by atoms with Gasteiger partial charge in [0.1, 0.15) is 5.82 Å². The summed E-state index contributed by atoms with van der Waals surface area (Å²) in [4.78, 5) is 0. The van der Waals surface area contributed by atoms with Gasteiger partial charge in [-0.15, -0.1) is 5.10 Å². The molecule has 0 aliphatic rings. The second-order valence-electron chi connectivity index (χ2n) is 3.24. The molecule has 0 amide bonds. The number of benzene rings is 1. The van der Waals surface area contributed by atoms with Gasteiger partial charge >= 0.3 is 0 Å². The minimum atomic E-state index is -0.797. The molecule has 6 heteroatoms. The van der Waals surface area contributed by atoms with Crippen LogP contribution in [0.5, 0.6) is 11.6 Å². The van der Waals surface area contributed by atoms with Crippen LogP contribution < -0.4 is 10.5 Å². The number of hydrogen-bond acceptors (Lipinski definition) is 4. The molecule has 0 atom stereocenters. The predicted octanol–water partition coefficient (Wildman–Crippen LogP) is 2.01. The highest BCUT2D eigenvalue weighted by atomic mass is 19.1. The maximum Gasteiger partial charge on any atom is 0.239 e. The Morgan fingerprint density at radius 2 is 1.94 bits per heavy atom. The fourth-order valence-electron chi connectivity index (χ4n) is 1.18. The molecule has 88 valence electrons. The predicted molar refractivity (Wildman–Crippen MR) is 56.4 cm³/mol. The van der Waals surface area contributed by atoms with Gasteiger partial charge in [0, 0.05) is 18.7 Å². The van der Waals surface area contributed by atoms with E-state index in [2.05, 4.69) is 10.2 Å². The lowest BCUT2D eigenvalue weighted by molar-refractivity contribution is 0.417. The van der Waals surface area contributed by atoms with Crippen molar-refractivity contribution in [3.8, 4) is 11.6 Å². The number of ether oxygens (including phenoxy) is 1. The van der Waals surface area contributed by atoms with E-state index in [9.17, 15) is 8.78 Å². The fraction of sp³-hybridized carbons (Fsp3) is 0.0909. The maximum absolute atomic E-state index is 13.2. The summed E-state index contributed by atoms with van der Waals surface area (Å²) in [6.45, 7) is 0.262. The van der Waals surface area contributed by atoms with Gasteiger partial charge in [0.2, 0.25) is 5.88 Å². The van der Waals surface area contributed by atoms with E-state index in [1.807, 2.05) is 0 Å². The number of aromatic nitrogens is 2. The molecule has 1 aromatic carbocycles. The van der Waals surface area contributed by atoms with Crippen LogP contribution in [0.4, 0.5) is 8.78 Å². The first-order chi connectivity index (χ1) is 8.19. The average Bonchev–Trinajstić information content (AvgIpc) is 2.34. The molecule has 0 saturated carbocycles. The highest BCUT2D eigenvalue weighted by Gasteiger charge is 2.07. The molecule has 2 aromatic rings. The maximum atomic E-state index is 13.2. The van der Waals surface area contributed by atoms with E-state index in [1.165, 1.54) is 12.1 Å². The molecule has 1 heterocycles. The minimum Gasteiger partial charge on any atom is -0.434 e. The van der Waals surface area contributed by atoms with E-state index in [0.717, 1.165) is 12.1 Å². The lowest BCUT2D eigenvalue weighted by atomic mass is 10.3. The number of rotatable bonds is 3. The molecule has 0 radical (unpaired) electrons. The van der Waals surface area contributed by atoms with Crippen molar-refractivity contribution in [2.75, 3.05) is 0 Å². The molecule has 2 rings (SSSR count). The van der Waals surface area contributed by atoms with Gasteiger partial charge in [-0.2, -0.15) is 5.10 Å². The highest BCUT2D eigenvalue weighted by Crippen LogP contribution is 2.22. The topological polar surface area (TPSA) is 61.0 Å². The Morgan fingerprint density at radius 3 is 2.53 bits per heavy atom. The molecule has 0 aliphatic heterocycles. The molecule has 0 aliphatic carbocycles. The van der Waals surface area contributed by atoms with Crippen molar-refractivity contribution in [1.82, 2.24) is 10.2 Å². The summed E-state index contributed by atoms with van der Waals surface area (Å²) < 4.78 is 31.0. The molecule has 2 N–H and O–H groups in total. The van der Waals surface area contributed by atoms with Crippen molar-refractivity contribution in [3.63, 3.8) is 0 Å². The van der Waals surface area contributed by atoms with E-state index < -0.39 is 11.6 Å². The van der Waals surface area contributed by atoms with Crippen LogP contribution in [0.3, 0.4) is 0 Å². The summed E-state index contributed by atoms with van der Waals surface area (Å²) in [6, 6.07) is 6.14. The summed E-state index contributed by atoms with van der Waals surface area (Å²) in [7, 11) is 0. The molecular weight excluding hydrogens is 228 g/mol. The first kappa shape index (κ1) is 11.4. The van der Waals surface area contributed by atoms with Crippen molar-refractivity contribution in [2.45, 2.75) is 6.54 Å². The zero-order chi connectivity index (χ0) is 12.3. The van der Waals surface area contributed by atoms with Crippen molar-refractivity contribution >= 4 is 0 Å². The summed E-state index contributed by atoms with van der Waals surface area (Å²) in [5, 5.41) is 7.44. The van der Waals surface area contributed by atoms with Crippen molar-refractivity contribution in [2.24, 2.45) is 5.73 Å². The van der Waals surface area contributed by atoms with E-state index >= 15 is 0 Å². The van der Waals surface area contributed by atoms with Gasteiger partial charge in [-0.25, -0.2) is 8.78 Å². The van der Waals surface area contributed by atoms with Gasteiger partial charge in [0.15, 0.2) is 11.6 Å². The summed E-state index contributed by atoms with van der Waals surface area (Å²) >= 11 is 0. The van der Waals surface area contributed by atoms with E-state index in [0.29, 0.717) is 5.69 Å². The summed E-state index contributed by atoms with van der Waals surface area (Å²) in [6.07, 6.45) is 0. The molecule has 4 nitrogen and oxygen atoms in total. The second kappa shape index (κ2) is 4.84. The third kappa shape index (κ3) is 2.73. The zero-order valence-corrected chi connectivity index (χ0v) is 8.73. The molecule has 0 bridgehead atoms. The van der Waals surface area contributed by atoms with Crippen molar-refractivity contribution in [1.29, 1.82) is 0 Å². The lowest BCUT2D eigenvalue weighted by Crippen LogP contribution is -2.01. The van der Waals surface area contributed by atoms with Crippen LogP contribution in [0, 0.1) is 11.6 Å². The SMILES string of the molecule is NCc1ccc(Oc2ccc(F)cc2F)nn1. The zero-order valence-electron chi connectivity index (χ0n) is 8.73. The summed E-state index contributed by atoms with van der Waals surface area (Å²) in [5.41, 5.74) is 5.94. The van der Waals surface area contributed by atoms with Crippen LogP contribution in [-0.4, -0.2) is 10.2 Å². The third-order valence-electron chi connectivity index (χ3n) is 2.01. The van der Waals surface area contributed by atoms with Crippen LogP contribution in [0.25, 0.3) is 0 Å². The monoisotopic (exact) mass is 237 g/mol. The largest absolute Gasteiger partial charge is 0.434 e. The molecule has 0 unspecified atom stereocenters. The minimum absolute atomic E-state index is 0.110. The van der Waals surface area contributed by atoms with E-state index in [4.69, 9.17) is 10.5 Å². The molecular formula is C11H9F2N3O. The number of nitrogens with zero attached hydrogens (tertiary/aromatic N) is 2. The lowest BCUT2D eigenvalue weighted by Gasteiger charge is -2.05. The molecule has 0 saturated heterocycles. The van der Waals surface area contributed by atoms with Crippen LogP contribution >= 0.6 is 0 Å². The third-order valence-corrected chi connectivity index (χ3v) is 2.01. The fourth-order valence-corrected chi connectivity index (χ4v) is 1.18.